The van der Waals surface area contributed by atoms with Gasteiger partial charge in [-0.1, -0.05) is 134 Å². The molecule has 0 heterocycles. The number of halogens is 6. The van der Waals surface area contributed by atoms with Crippen molar-refractivity contribution < 1.29 is 20.4 Å². The van der Waals surface area contributed by atoms with Crippen molar-refractivity contribution in [2.75, 3.05) is 13.2 Å². The summed E-state index contributed by atoms with van der Waals surface area (Å²) in [6.07, 6.45) is 1.86. The molecule has 0 spiro atoms. The van der Waals surface area contributed by atoms with Crippen LogP contribution in [0.3, 0.4) is 0 Å². The van der Waals surface area contributed by atoms with E-state index >= 15 is 0 Å². The van der Waals surface area contributed by atoms with Crippen molar-refractivity contribution >= 4 is 69.6 Å². The quantitative estimate of drug-likeness (QED) is 0.264. The van der Waals surface area contributed by atoms with Gasteiger partial charge in [0.2, 0.25) is 0 Å². The second kappa shape index (κ2) is 32.7. The fourth-order valence-corrected chi connectivity index (χ4v) is 1.37. The van der Waals surface area contributed by atoms with Gasteiger partial charge in [0.15, 0.2) is 8.59 Å². The third-order valence-corrected chi connectivity index (χ3v) is 2.93. The molecule has 10 heteroatoms. The topological polar surface area (TPSA) is 80.9 Å². The van der Waals surface area contributed by atoms with E-state index in [0.717, 1.165) is 12.8 Å². The number of hydrogen-bond donors (Lipinski definition) is 4. The minimum absolute atomic E-state index is 0.322. The highest BCUT2D eigenvalue weighted by Gasteiger charge is 1.87. The molecule has 0 aliphatic heterocycles. The highest BCUT2D eigenvalue weighted by molar-refractivity contribution is 6.63. The highest BCUT2D eigenvalue weighted by atomic mass is 35.6. The molecule has 2 aromatic rings. The lowest BCUT2D eigenvalue weighted by Crippen LogP contribution is -1.89. The number of aliphatic hydroxyl groups is 2. The van der Waals surface area contributed by atoms with Crippen molar-refractivity contribution in [3.05, 3.63) is 60.7 Å². The normalized spacial score (nSPS) is 9.18. The average Bonchev–Trinajstić information content (AvgIpc) is 2.69. The van der Waals surface area contributed by atoms with E-state index in [2.05, 4.69) is 27.7 Å². The monoisotopic (exact) mass is 600 g/mol. The van der Waals surface area contributed by atoms with Gasteiger partial charge >= 0.3 is 0 Å². The van der Waals surface area contributed by atoms with Crippen LogP contribution < -0.4 is 0 Å². The summed E-state index contributed by atoms with van der Waals surface area (Å²) >= 11 is 28.8. The molecule has 0 fully saturated rings. The van der Waals surface area contributed by atoms with Crippen LogP contribution >= 0.6 is 69.6 Å². The van der Waals surface area contributed by atoms with Gasteiger partial charge in [-0.2, -0.15) is 0 Å². The SMILES string of the molecule is CC(C)CCO.CC(C)CCO.ClC(Cl)Cl.ClC(Cl)Cl.Oc1ccccc1.Oc1ccccc1. The van der Waals surface area contributed by atoms with Crippen LogP contribution in [0.25, 0.3) is 0 Å². The maximum absolute atomic E-state index is 8.63. The smallest absolute Gasteiger partial charge is 0.180 e. The lowest BCUT2D eigenvalue weighted by Gasteiger charge is -1.95. The number of aromatic hydroxyl groups is 2. The van der Waals surface area contributed by atoms with Crippen molar-refractivity contribution in [2.45, 2.75) is 49.1 Å². The Kier molecular flexibility index (Phi) is 39.3. The molecule has 0 unspecified atom stereocenters. The Morgan fingerprint density at radius 2 is 0.735 bits per heavy atom. The first-order valence-electron chi connectivity index (χ1n) is 10.3. The summed E-state index contributed by atoms with van der Waals surface area (Å²) in [5, 5.41) is 33.7. The number of phenols is 2. The maximum atomic E-state index is 8.63. The summed E-state index contributed by atoms with van der Waals surface area (Å²) in [7, 11) is 0. The Labute approximate surface area is 235 Å². The van der Waals surface area contributed by atoms with E-state index in [0.29, 0.717) is 36.5 Å². The first kappa shape index (κ1) is 40.9. The summed E-state index contributed by atoms with van der Waals surface area (Å²) in [6.45, 7) is 9.04. The molecule has 0 radical (unpaired) electrons. The van der Waals surface area contributed by atoms with E-state index in [1.165, 1.54) is 0 Å². The Morgan fingerprint density at radius 3 is 0.794 bits per heavy atom. The van der Waals surface area contributed by atoms with Crippen LogP contribution in [0, 0.1) is 11.8 Å². The zero-order valence-electron chi connectivity index (χ0n) is 20.0. The van der Waals surface area contributed by atoms with Gasteiger partial charge in [0.1, 0.15) is 11.5 Å². The molecule has 0 bridgehead atoms. The van der Waals surface area contributed by atoms with Crippen molar-refractivity contribution in [2.24, 2.45) is 11.8 Å². The van der Waals surface area contributed by atoms with E-state index in [-0.39, 0.29) is 0 Å². The van der Waals surface area contributed by atoms with Gasteiger partial charge in [0, 0.05) is 13.2 Å². The van der Waals surface area contributed by atoms with Gasteiger partial charge in [-0.05, 0) is 48.9 Å². The Bertz CT molecular complexity index is 530. The van der Waals surface area contributed by atoms with E-state index in [4.69, 9.17) is 90.0 Å². The van der Waals surface area contributed by atoms with Crippen molar-refractivity contribution in [1.82, 2.24) is 0 Å². The van der Waals surface area contributed by atoms with E-state index in [9.17, 15) is 0 Å². The fraction of sp³-hybridized carbons (Fsp3) is 0.500. The zero-order chi connectivity index (χ0) is 27.4. The van der Waals surface area contributed by atoms with Gasteiger partial charge in [0.25, 0.3) is 0 Å². The van der Waals surface area contributed by atoms with Gasteiger partial charge in [-0.25, -0.2) is 0 Å². The predicted molar refractivity (Wildman–Crippen MR) is 152 cm³/mol. The number of phenolic OH excluding ortho intramolecular Hbond substituents is 2. The average molecular weight is 603 g/mol. The number of benzene rings is 2. The zero-order valence-corrected chi connectivity index (χ0v) is 24.5. The van der Waals surface area contributed by atoms with Crippen molar-refractivity contribution in [3.8, 4) is 11.5 Å². The third-order valence-electron chi connectivity index (χ3n) is 2.93. The molecule has 0 aliphatic rings. The van der Waals surface area contributed by atoms with Gasteiger partial charge < -0.3 is 20.4 Å². The van der Waals surface area contributed by atoms with Gasteiger partial charge in [0.05, 0.1) is 0 Å². The van der Waals surface area contributed by atoms with Crippen molar-refractivity contribution in [3.63, 3.8) is 0 Å². The minimum Gasteiger partial charge on any atom is -0.508 e. The Balaban J connectivity index is -0.000000161. The predicted octanol–water partition coefficient (Wildman–Crippen LogP) is 8.81. The molecule has 0 aliphatic carbocycles. The van der Waals surface area contributed by atoms with E-state index < -0.39 is 8.59 Å². The molecule has 4 N–H and O–H groups in total. The molecule has 200 valence electrons. The van der Waals surface area contributed by atoms with Crippen molar-refractivity contribution in [1.29, 1.82) is 0 Å². The number of alkyl halides is 6. The molecule has 2 aromatic carbocycles. The fourth-order valence-electron chi connectivity index (χ4n) is 1.37. The lowest BCUT2D eigenvalue weighted by molar-refractivity contribution is 0.267. The molecule has 2 rings (SSSR count). The standard InChI is InChI=1S/2C6H6O.2C5H12O.2CHCl3/c2*7-6-4-2-1-3-5-6;2*1-5(2)3-4-6;2*2-1(3)4/h2*1-5,7H;2*5-6H,3-4H2,1-2H3;2*1H. The van der Waals surface area contributed by atoms with Crippen LogP contribution in [-0.2, 0) is 0 Å². The highest BCUT2D eigenvalue weighted by Crippen LogP contribution is 2.05. The van der Waals surface area contributed by atoms with Gasteiger partial charge in [-0.3, -0.25) is 0 Å². The van der Waals surface area contributed by atoms with Crippen LogP contribution in [0.2, 0.25) is 0 Å². The van der Waals surface area contributed by atoms with E-state index in [1.54, 1.807) is 48.5 Å². The molecule has 34 heavy (non-hydrogen) atoms. The van der Waals surface area contributed by atoms with Crippen LogP contribution in [0.1, 0.15) is 40.5 Å². The molecular formula is C24H38Cl6O4. The molecule has 0 atom stereocenters. The summed E-state index contributed by atoms with van der Waals surface area (Å²) in [5.41, 5.74) is 0. The molecule has 4 nitrogen and oxygen atoms in total. The van der Waals surface area contributed by atoms with Crippen LogP contribution in [0.4, 0.5) is 0 Å². The van der Waals surface area contributed by atoms with Crippen LogP contribution in [0.15, 0.2) is 60.7 Å². The Hall–Kier alpha value is -0.300. The summed E-state index contributed by atoms with van der Waals surface area (Å²) in [4.78, 5) is 0. The maximum Gasteiger partial charge on any atom is 0.180 e. The second-order valence-electron chi connectivity index (χ2n) is 6.98. The molecule has 0 amide bonds. The second-order valence-corrected chi connectivity index (χ2v) is 10.9. The number of hydrogen-bond acceptors (Lipinski definition) is 4. The number of para-hydroxylation sites is 2. The molecule has 0 saturated heterocycles. The minimum atomic E-state index is -0.750. The summed E-state index contributed by atoms with van der Waals surface area (Å²) < 4.78 is -1.50. The largest absolute Gasteiger partial charge is 0.508 e. The first-order valence-corrected chi connectivity index (χ1v) is 13.0. The molecule has 0 aromatic heterocycles. The van der Waals surface area contributed by atoms with E-state index in [1.807, 2.05) is 12.1 Å². The molecular weight excluding hydrogens is 565 g/mol. The summed E-state index contributed by atoms with van der Waals surface area (Å²) in [6, 6.07) is 17.4. The lowest BCUT2D eigenvalue weighted by atomic mass is 10.2. The van der Waals surface area contributed by atoms with Gasteiger partial charge in [-0.15, -0.1) is 0 Å². The number of rotatable bonds is 4. The summed E-state index contributed by atoms with van der Waals surface area (Å²) in [5.74, 6) is 1.94. The number of aliphatic hydroxyl groups excluding tert-OH is 2. The first-order chi connectivity index (χ1) is 15.8. The third kappa shape index (κ3) is 63.4. The Morgan fingerprint density at radius 1 is 0.529 bits per heavy atom. The van der Waals surface area contributed by atoms with Crippen LogP contribution in [-0.4, -0.2) is 42.2 Å². The molecule has 0 saturated carbocycles. The van der Waals surface area contributed by atoms with Crippen LogP contribution in [0.5, 0.6) is 11.5 Å².